The fourth-order valence-corrected chi connectivity index (χ4v) is 4.10. The van der Waals surface area contributed by atoms with Crippen molar-refractivity contribution < 1.29 is 8.42 Å². The zero-order chi connectivity index (χ0) is 16.8. The van der Waals surface area contributed by atoms with Gasteiger partial charge in [-0.1, -0.05) is 26.2 Å². The van der Waals surface area contributed by atoms with Crippen molar-refractivity contribution >= 4 is 40.0 Å². The van der Waals surface area contributed by atoms with Crippen LogP contribution in [0.5, 0.6) is 0 Å². The molecule has 1 rings (SSSR count). The zero-order valence-corrected chi connectivity index (χ0v) is 18.1. The second-order valence-electron chi connectivity index (χ2n) is 6.97. The number of rotatable bonds is 6. The molecule has 6 nitrogen and oxygen atoms in total. The predicted octanol–water partition coefficient (Wildman–Crippen LogP) is 2.07. The first-order valence-corrected chi connectivity index (χ1v) is 10.0. The predicted molar refractivity (Wildman–Crippen MR) is 108 cm³/mol. The average Bonchev–Trinajstić information content (AvgIpc) is 2.41. The number of hydrogen-bond donors (Lipinski definition) is 3. The molecule has 0 heterocycles. The average molecular weight is 460 g/mol. The summed E-state index contributed by atoms with van der Waals surface area (Å²) in [4.78, 5) is 4.25. The molecule has 0 bridgehead atoms. The molecule has 1 saturated carbocycles. The Bertz CT molecular complexity index is 480. The highest BCUT2D eigenvalue weighted by Crippen LogP contribution is 2.26. The van der Waals surface area contributed by atoms with Gasteiger partial charge in [-0.15, -0.1) is 24.0 Å². The van der Waals surface area contributed by atoms with Crippen molar-refractivity contribution in [3.8, 4) is 0 Å². The van der Waals surface area contributed by atoms with Crippen LogP contribution in [0.15, 0.2) is 4.99 Å². The Hall–Kier alpha value is -0.0900. The van der Waals surface area contributed by atoms with E-state index in [1.807, 2.05) is 13.8 Å². The zero-order valence-electron chi connectivity index (χ0n) is 15.0. The van der Waals surface area contributed by atoms with Gasteiger partial charge in [0, 0.05) is 25.2 Å². The highest BCUT2D eigenvalue weighted by Gasteiger charge is 2.24. The Kier molecular flexibility index (Phi) is 9.99. The number of aliphatic imine (C=N–C) groups is 1. The molecule has 8 heteroatoms. The molecule has 1 aliphatic carbocycles. The molecule has 2 atom stereocenters. The van der Waals surface area contributed by atoms with Crippen molar-refractivity contribution in [1.29, 1.82) is 0 Å². The van der Waals surface area contributed by atoms with Crippen molar-refractivity contribution in [2.75, 3.05) is 19.8 Å². The number of nitrogens with one attached hydrogen (secondary N) is 3. The van der Waals surface area contributed by atoms with E-state index >= 15 is 0 Å². The van der Waals surface area contributed by atoms with Crippen LogP contribution in [0, 0.1) is 5.92 Å². The van der Waals surface area contributed by atoms with Crippen LogP contribution in [0.1, 0.15) is 52.9 Å². The summed E-state index contributed by atoms with van der Waals surface area (Å²) in [5.74, 6) is 1.54. The summed E-state index contributed by atoms with van der Waals surface area (Å²) in [7, 11) is -1.48. The van der Waals surface area contributed by atoms with E-state index < -0.39 is 15.6 Å². The second kappa shape index (κ2) is 10.0. The highest BCUT2D eigenvalue weighted by molar-refractivity contribution is 14.0. The van der Waals surface area contributed by atoms with E-state index in [0.29, 0.717) is 12.6 Å². The highest BCUT2D eigenvalue weighted by atomic mass is 127. The van der Waals surface area contributed by atoms with Crippen LogP contribution in [0.4, 0.5) is 0 Å². The van der Waals surface area contributed by atoms with Crippen LogP contribution in [-0.4, -0.2) is 45.8 Å². The largest absolute Gasteiger partial charge is 0.355 e. The van der Waals surface area contributed by atoms with Crippen LogP contribution in [0.3, 0.4) is 0 Å². The maximum absolute atomic E-state index is 11.4. The fraction of sp³-hybridized carbons (Fsp3) is 0.933. The number of guanidine groups is 1. The molecular weight excluding hydrogens is 427 g/mol. The minimum Gasteiger partial charge on any atom is -0.355 e. The van der Waals surface area contributed by atoms with Crippen LogP contribution in [-0.2, 0) is 10.0 Å². The van der Waals surface area contributed by atoms with Gasteiger partial charge in [0.15, 0.2) is 5.96 Å². The first kappa shape index (κ1) is 22.9. The molecule has 0 aromatic rings. The standard InChI is InChI=1S/C15H32N4O2S.HI/c1-6-12-8-7-9-13(10-12)18-14(16-4)17-11-15(2,3)19-22(5,20)21;/h12-13,19H,6-11H2,1-5H3,(H2,16,17,18);1H. The first-order valence-electron chi connectivity index (χ1n) is 8.11. The van der Waals surface area contributed by atoms with Crippen LogP contribution < -0.4 is 15.4 Å². The number of halogens is 1. The van der Waals surface area contributed by atoms with E-state index in [0.717, 1.165) is 11.9 Å². The summed E-state index contributed by atoms with van der Waals surface area (Å²) < 4.78 is 25.3. The Balaban J connectivity index is 0.00000484. The molecule has 1 fully saturated rings. The Morgan fingerprint density at radius 1 is 1.30 bits per heavy atom. The summed E-state index contributed by atoms with van der Waals surface area (Å²) in [6.45, 7) is 6.42. The van der Waals surface area contributed by atoms with Crippen molar-refractivity contribution in [2.45, 2.75) is 64.5 Å². The SMILES string of the molecule is CCC1CCCC(NC(=NC)NCC(C)(C)NS(C)(=O)=O)C1.I. The maximum Gasteiger partial charge on any atom is 0.209 e. The van der Waals surface area contributed by atoms with E-state index in [-0.39, 0.29) is 24.0 Å². The van der Waals surface area contributed by atoms with Gasteiger partial charge in [-0.3, -0.25) is 4.99 Å². The number of sulfonamides is 1. The molecule has 0 radical (unpaired) electrons. The van der Waals surface area contributed by atoms with Crippen molar-refractivity contribution in [2.24, 2.45) is 10.9 Å². The topological polar surface area (TPSA) is 82.6 Å². The molecule has 3 N–H and O–H groups in total. The van der Waals surface area contributed by atoms with Crippen LogP contribution in [0.2, 0.25) is 0 Å². The molecular formula is C15H33IN4O2S. The van der Waals surface area contributed by atoms with Gasteiger partial charge in [0.1, 0.15) is 0 Å². The van der Waals surface area contributed by atoms with Crippen molar-refractivity contribution in [3.63, 3.8) is 0 Å². The minimum atomic E-state index is -3.22. The van der Waals surface area contributed by atoms with Gasteiger partial charge in [-0.2, -0.15) is 0 Å². The lowest BCUT2D eigenvalue weighted by atomic mass is 9.84. The lowest BCUT2D eigenvalue weighted by Gasteiger charge is -2.31. The third-order valence-electron chi connectivity index (χ3n) is 4.08. The van der Waals surface area contributed by atoms with Gasteiger partial charge >= 0.3 is 0 Å². The minimum absolute atomic E-state index is 0. The van der Waals surface area contributed by atoms with Crippen molar-refractivity contribution in [1.82, 2.24) is 15.4 Å². The Labute approximate surface area is 158 Å². The molecule has 0 saturated heterocycles. The van der Waals surface area contributed by atoms with Crippen molar-refractivity contribution in [3.05, 3.63) is 0 Å². The molecule has 138 valence electrons. The number of nitrogens with zero attached hydrogens (tertiary/aromatic N) is 1. The smallest absolute Gasteiger partial charge is 0.209 e. The van der Waals surface area contributed by atoms with Gasteiger partial charge in [0.05, 0.1) is 6.26 Å². The van der Waals surface area contributed by atoms with E-state index in [9.17, 15) is 8.42 Å². The summed E-state index contributed by atoms with van der Waals surface area (Å²) in [6.07, 6.45) is 7.34. The third-order valence-corrected chi connectivity index (χ3v) is 5.01. The molecule has 0 aromatic heterocycles. The molecule has 23 heavy (non-hydrogen) atoms. The third kappa shape index (κ3) is 9.71. The maximum atomic E-state index is 11.4. The quantitative estimate of drug-likeness (QED) is 0.322. The normalized spacial score (nSPS) is 23.1. The Morgan fingerprint density at radius 2 is 1.96 bits per heavy atom. The fourth-order valence-electron chi connectivity index (χ4n) is 3.02. The van der Waals surface area contributed by atoms with E-state index in [1.165, 1.54) is 38.4 Å². The van der Waals surface area contributed by atoms with Gasteiger partial charge in [0.2, 0.25) is 10.0 Å². The van der Waals surface area contributed by atoms with Gasteiger partial charge in [0.25, 0.3) is 0 Å². The second-order valence-corrected chi connectivity index (χ2v) is 8.71. The number of hydrogen-bond acceptors (Lipinski definition) is 3. The summed E-state index contributed by atoms with van der Waals surface area (Å²) in [5.41, 5.74) is -0.566. The van der Waals surface area contributed by atoms with Gasteiger partial charge in [-0.25, -0.2) is 13.1 Å². The molecule has 0 spiro atoms. The molecule has 0 aromatic carbocycles. The Morgan fingerprint density at radius 3 is 2.48 bits per heavy atom. The first-order chi connectivity index (χ1) is 10.1. The molecule has 0 aliphatic heterocycles. The summed E-state index contributed by atoms with van der Waals surface area (Å²) >= 11 is 0. The van der Waals surface area contributed by atoms with E-state index in [1.54, 1.807) is 7.05 Å². The lowest BCUT2D eigenvalue weighted by Crippen LogP contribution is -2.54. The molecule has 0 amide bonds. The molecule has 1 aliphatic rings. The van der Waals surface area contributed by atoms with E-state index in [4.69, 9.17) is 0 Å². The van der Waals surface area contributed by atoms with E-state index in [2.05, 4.69) is 27.3 Å². The van der Waals surface area contributed by atoms with Crippen LogP contribution >= 0.6 is 24.0 Å². The summed E-state index contributed by atoms with van der Waals surface area (Å²) in [5, 5.41) is 6.69. The monoisotopic (exact) mass is 460 g/mol. The molecule has 2 unspecified atom stereocenters. The van der Waals surface area contributed by atoms with Gasteiger partial charge < -0.3 is 10.6 Å². The van der Waals surface area contributed by atoms with Crippen LogP contribution in [0.25, 0.3) is 0 Å². The summed E-state index contributed by atoms with van der Waals surface area (Å²) in [6, 6.07) is 0.455. The van der Waals surface area contributed by atoms with Gasteiger partial charge in [-0.05, 0) is 32.6 Å². The lowest BCUT2D eigenvalue weighted by molar-refractivity contribution is 0.298.